The second-order valence-corrected chi connectivity index (χ2v) is 5.30. The Labute approximate surface area is 113 Å². The standard InChI is InChI=1S/C12H11BrN2OS/c1-16-9-3-4-10(14)11(6-9)17-12-5-2-8(13)7-15-12/h2-7H,14H2,1H3. The minimum Gasteiger partial charge on any atom is -0.497 e. The van der Waals surface area contributed by atoms with E-state index in [4.69, 9.17) is 10.5 Å². The Bertz CT molecular complexity index is 516. The molecule has 0 aliphatic heterocycles. The molecule has 88 valence electrons. The molecule has 2 rings (SSSR count). The van der Waals surface area contributed by atoms with Gasteiger partial charge in [-0.2, -0.15) is 0 Å². The summed E-state index contributed by atoms with van der Waals surface area (Å²) in [6, 6.07) is 9.47. The average molecular weight is 311 g/mol. The van der Waals surface area contributed by atoms with Gasteiger partial charge in [0.2, 0.25) is 0 Å². The van der Waals surface area contributed by atoms with E-state index in [1.54, 1.807) is 13.3 Å². The van der Waals surface area contributed by atoms with Gasteiger partial charge in [-0.1, -0.05) is 11.8 Å². The van der Waals surface area contributed by atoms with Gasteiger partial charge in [0.15, 0.2) is 0 Å². The highest BCUT2D eigenvalue weighted by Crippen LogP contribution is 2.33. The molecule has 0 radical (unpaired) electrons. The Morgan fingerprint density at radius 1 is 1.29 bits per heavy atom. The zero-order chi connectivity index (χ0) is 12.3. The van der Waals surface area contributed by atoms with Gasteiger partial charge in [-0.3, -0.25) is 0 Å². The van der Waals surface area contributed by atoms with Crippen molar-refractivity contribution in [1.82, 2.24) is 4.98 Å². The zero-order valence-electron chi connectivity index (χ0n) is 9.18. The van der Waals surface area contributed by atoms with Crippen LogP contribution < -0.4 is 10.5 Å². The fraction of sp³-hybridized carbons (Fsp3) is 0.0833. The third kappa shape index (κ3) is 3.14. The molecule has 0 unspecified atom stereocenters. The number of rotatable bonds is 3. The number of ether oxygens (including phenoxy) is 1. The van der Waals surface area contributed by atoms with Gasteiger partial charge < -0.3 is 10.5 Å². The number of nitrogens with zero attached hydrogens (tertiary/aromatic N) is 1. The molecule has 1 aromatic carbocycles. The van der Waals surface area contributed by atoms with Gasteiger partial charge in [0.25, 0.3) is 0 Å². The highest BCUT2D eigenvalue weighted by atomic mass is 79.9. The largest absolute Gasteiger partial charge is 0.497 e. The molecule has 0 aliphatic rings. The van der Waals surface area contributed by atoms with E-state index in [1.165, 1.54) is 11.8 Å². The van der Waals surface area contributed by atoms with Crippen LogP contribution in [0.25, 0.3) is 0 Å². The molecule has 0 atom stereocenters. The predicted octanol–water partition coefficient (Wildman–Crippen LogP) is 3.59. The van der Waals surface area contributed by atoms with Crippen molar-refractivity contribution < 1.29 is 4.74 Å². The highest BCUT2D eigenvalue weighted by Gasteiger charge is 2.04. The van der Waals surface area contributed by atoms with Crippen LogP contribution in [0.4, 0.5) is 5.69 Å². The lowest BCUT2D eigenvalue weighted by Gasteiger charge is -2.07. The first-order chi connectivity index (χ1) is 8.19. The lowest BCUT2D eigenvalue weighted by molar-refractivity contribution is 0.414. The van der Waals surface area contributed by atoms with E-state index < -0.39 is 0 Å². The van der Waals surface area contributed by atoms with Gasteiger partial charge in [0.05, 0.1) is 7.11 Å². The Balaban J connectivity index is 2.25. The molecule has 0 aliphatic carbocycles. The van der Waals surface area contributed by atoms with E-state index in [9.17, 15) is 0 Å². The van der Waals surface area contributed by atoms with Gasteiger partial charge in [-0.05, 0) is 46.3 Å². The van der Waals surface area contributed by atoms with Crippen LogP contribution in [0.1, 0.15) is 0 Å². The molecule has 2 N–H and O–H groups in total. The summed E-state index contributed by atoms with van der Waals surface area (Å²) < 4.78 is 6.13. The molecule has 1 heterocycles. The number of hydrogen-bond donors (Lipinski definition) is 1. The second kappa shape index (κ2) is 5.42. The summed E-state index contributed by atoms with van der Waals surface area (Å²) in [7, 11) is 1.64. The van der Waals surface area contributed by atoms with E-state index in [-0.39, 0.29) is 0 Å². The van der Waals surface area contributed by atoms with Gasteiger partial charge in [0.1, 0.15) is 10.8 Å². The maximum absolute atomic E-state index is 5.91. The molecule has 2 aromatic rings. The summed E-state index contributed by atoms with van der Waals surface area (Å²) in [5.74, 6) is 0.791. The number of pyridine rings is 1. The predicted molar refractivity (Wildman–Crippen MR) is 73.5 cm³/mol. The molecule has 5 heteroatoms. The van der Waals surface area contributed by atoms with Crippen LogP contribution in [0, 0.1) is 0 Å². The van der Waals surface area contributed by atoms with Crippen molar-refractivity contribution in [3.05, 3.63) is 41.0 Å². The highest BCUT2D eigenvalue weighted by molar-refractivity contribution is 9.10. The van der Waals surface area contributed by atoms with E-state index in [2.05, 4.69) is 20.9 Å². The normalized spacial score (nSPS) is 10.2. The van der Waals surface area contributed by atoms with E-state index >= 15 is 0 Å². The maximum Gasteiger partial charge on any atom is 0.120 e. The van der Waals surface area contributed by atoms with Crippen LogP contribution in [0.5, 0.6) is 5.75 Å². The van der Waals surface area contributed by atoms with Crippen molar-refractivity contribution in [2.75, 3.05) is 12.8 Å². The number of halogens is 1. The molecule has 0 spiro atoms. The molecular weight excluding hydrogens is 300 g/mol. The number of nitrogen functional groups attached to an aromatic ring is 1. The number of hydrogen-bond acceptors (Lipinski definition) is 4. The van der Waals surface area contributed by atoms with E-state index in [0.717, 1.165) is 25.8 Å². The first-order valence-corrected chi connectivity index (χ1v) is 6.53. The van der Waals surface area contributed by atoms with Crippen LogP contribution in [0.2, 0.25) is 0 Å². The Hall–Kier alpha value is -1.20. The number of nitrogens with two attached hydrogens (primary N) is 1. The molecular formula is C12H11BrN2OS. The lowest BCUT2D eigenvalue weighted by atomic mass is 10.3. The molecule has 0 amide bonds. The molecule has 3 nitrogen and oxygen atoms in total. The van der Waals surface area contributed by atoms with Crippen molar-refractivity contribution in [1.29, 1.82) is 0 Å². The fourth-order valence-electron chi connectivity index (χ4n) is 1.27. The number of benzene rings is 1. The zero-order valence-corrected chi connectivity index (χ0v) is 11.6. The molecule has 17 heavy (non-hydrogen) atoms. The SMILES string of the molecule is COc1ccc(N)c(Sc2ccc(Br)cn2)c1. The van der Waals surface area contributed by atoms with Crippen LogP contribution in [-0.2, 0) is 0 Å². The minimum atomic E-state index is 0.723. The Morgan fingerprint density at radius 3 is 2.76 bits per heavy atom. The molecule has 0 fully saturated rings. The van der Waals surface area contributed by atoms with Crippen LogP contribution in [0.3, 0.4) is 0 Å². The summed E-state index contributed by atoms with van der Waals surface area (Å²) in [6.45, 7) is 0. The van der Waals surface area contributed by atoms with Crippen molar-refractivity contribution in [2.24, 2.45) is 0 Å². The average Bonchev–Trinajstić information content (AvgIpc) is 2.35. The first-order valence-electron chi connectivity index (χ1n) is 4.92. The van der Waals surface area contributed by atoms with Crippen molar-refractivity contribution in [2.45, 2.75) is 9.92 Å². The summed E-state index contributed by atoms with van der Waals surface area (Å²) in [6.07, 6.45) is 1.76. The molecule has 0 saturated heterocycles. The summed E-state index contributed by atoms with van der Waals surface area (Å²) in [5, 5.41) is 0.896. The van der Waals surface area contributed by atoms with E-state index in [0.29, 0.717) is 0 Å². The Kier molecular flexibility index (Phi) is 3.91. The van der Waals surface area contributed by atoms with E-state index in [1.807, 2.05) is 30.3 Å². The second-order valence-electron chi connectivity index (χ2n) is 3.32. The number of aromatic nitrogens is 1. The van der Waals surface area contributed by atoms with Gasteiger partial charge in [0, 0.05) is 21.3 Å². The van der Waals surface area contributed by atoms with Gasteiger partial charge >= 0.3 is 0 Å². The quantitative estimate of drug-likeness (QED) is 0.880. The maximum atomic E-state index is 5.91. The van der Waals surface area contributed by atoms with Crippen LogP contribution in [-0.4, -0.2) is 12.1 Å². The van der Waals surface area contributed by atoms with Gasteiger partial charge in [-0.25, -0.2) is 4.98 Å². The lowest BCUT2D eigenvalue weighted by Crippen LogP contribution is -1.91. The monoisotopic (exact) mass is 310 g/mol. The Morgan fingerprint density at radius 2 is 2.12 bits per heavy atom. The van der Waals surface area contributed by atoms with Crippen molar-refractivity contribution in [3.8, 4) is 5.75 Å². The first kappa shape index (κ1) is 12.3. The van der Waals surface area contributed by atoms with Crippen LogP contribution in [0.15, 0.2) is 50.9 Å². The third-order valence-corrected chi connectivity index (χ3v) is 3.63. The van der Waals surface area contributed by atoms with Crippen LogP contribution >= 0.6 is 27.7 Å². The summed E-state index contributed by atoms with van der Waals surface area (Å²) in [5.41, 5.74) is 6.63. The fourth-order valence-corrected chi connectivity index (χ4v) is 2.33. The number of methoxy groups -OCH3 is 1. The molecule has 0 bridgehead atoms. The number of anilines is 1. The molecule has 1 aromatic heterocycles. The summed E-state index contributed by atoms with van der Waals surface area (Å²) in [4.78, 5) is 5.23. The topological polar surface area (TPSA) is 48.1 Å². The summed E-state index contributed by atoms with van der Waals surface area (Å²) >= 11 is 4.87. The van der Waals surface area contributed by atoms with Gasteiger partial charge in [-0.15, -0.1) is 0 Å². The van der Waals surface area contributed by atoms with Crippen molar-refractivity contribution in [3.63, 3.8) is 0 Å². The minimum absolute atomic E-state index is 0.723. The molecule has 0 saturated carbocycles. The third-order valence-electron chi connectivity index (χ3n) is 2.14. The van der Waals surface area contributed by atoms with Crippen molar-refractivity contribution >= 4 is 33.4 Å². The smallest absolute Gasteiger partial charge is 0.120 e.